The monoisotopic (exact) mass is 147 g/mol. The van der Waals surface area contributed by atoms with Gasteiger partial charge in [0.1, 0.15) is 0 Å². The van der Waals surface area contributed by atoms with Crippen LogP contribution in [0.3, 0.4) is 0 Å². The minimum Gasteiger partial charge on any atom is -1.00 e. The van der Waals surface area contributed by atoms with Gasteiger partial charge in [0.15, 0.2) is 0 Å². The molecule has 0 saturated heterocycles. The molecule has 0 aromatic carbocycles. The minimum absolute atomic E-state index is 0. The minimum atomic E-state index is -2.32. The predicted octanol–water partition coefficient (Wildman–Crippen LogP) is -2.68. The maximum atomic E-state index is 9.54. The van der Waals surface area contributed by atoms with Gasteiger partial charge in [0.2, 0.25) is 0 Å². The summed E-state index contributed by atoms with van der Waals surface area (Å²) in [5.41, 5.74) is 0. The van der Waals surface area contributed by atoms with E-state index < -0.39 is 11.4 Å². The van der Waals surface area contributed by atoms with Crippen LogP contribution in [-0.2, 0) is 15.5 Å². The molecule has 0 aliphatic carbocycles. The summed E-state index contributed by atoms with van der Waals surface area (Å²) in [5, 5.41) is 0. The van der Waals surface area contributed by atoms with Crippen molar-refractivity contribution in [3.8, 4) is 0 Å². The number of hydrogen-bond donors (Lipinski definition) is 0. The molecule has 3 nitrogen and oxygen atoms in total. The summed E-state index contributed by atoms with van der Waals surface area (Å²) in [5.74, 6) is 0. The van der Waals surface area contributed by atoms with E-state index in [-0.39, 0.29) is 37.6 Å². The van der Waals surface area contributed by atoms with Crippen LogP contribution in [0.15, 0.2) is 0 Å². The van der Waals surface area contributed by atoms with E-state index in [4.69, 9.17) is 0 Å². The van der Waals surface area contributed by atoms with Crippen LogP contribution in [0.4, 0.5) is 0 Å². The first-order chi connectivity index (χ1) is 3.27. The Hall–Kier alpha value is 1.07. The molecule has 0 aromatic rings. The van der Waals surface area contributed by atoms with Gasteiger partial charge in [0.25, 0.3) is 0 Å². The van der Waals surface area contributed by atoms with Gasteiger partial charge in [-0.25, -0.2) is 4.21 Å². The molecule has 8 heavy (non-hydrogen) atoms. The molecule has 1 atom stereocenters. The molecule has 0 rings (SSSR count). The SMILES string of the molecule is CCCOS(=O)[O-].[H-].[Na+]. The first-order valence-electron chi connectivity index (χ1n) is 2.00. The predicted molar refractivity (Wildman–Crippen MR) is 26.3 cm³/mol. The van der Waals surface area contributed by atoms with Gasteiger partial charge in [0.05, 0.1) is 18.0 Å². The molecule has 0 aromatic heterocycles. The second-order valence-corrected chi connectivity index (χ2v) is 1.67. The largest absolute Gasteiger partial charge is 1.00 e. The summed E-state index contributed by atoms with van der Waals surface area (Å²) in [6, 6.07) is 0. The molecule has 0 aliphatic rings. The third-order valence-corrected chi connectivity index (χ3v) is 0.743. The van der Waals surface area contributed by atoms with Crippen molar-refractivity contribution in [2.24, 2.45) is 0 Å². The topological polar surface area (TPSA) is 49.4 Å². The molecule has 0 radical (unpaired) electrons. The van der Waals surface area contributed by atoms with Crippen LogP contribution in [0.2, 0.25) is 0 Å². The van der Waals surface area contributed by atoms with Crippen LogP contribution in [0.25, 0.3) is 0 Å². The van der Waals surface area contributed by atoms with Gasteiger partial charge in [-0.3, -0.25) is 0 Å². The molecule has 0 amide bonds. The van der Waals surface area contributed by atoms with Gasteiger partial charge in [-0.05, 0) is 6.42 Å². The van der Waals surface area contributed by atoms with E-state index >= 15 is 0 Å². The third-order valence-electron chi connectivity index (χ3n) is 0.384. The van der Waals surface area contributed by atoms with Crippen molar-refractivity contribution in [2.75, 3.05) is 6.61 Å². The van der Waals surface area contributed by atoms with Crippen LogP contribution in [0.1, 0.15) is 14.8 Å². The summed E-state index contributed by atoms with van der Waals surface area (Å²) in [6.07, 6.45) is 0.730. The van der Waals surface area contributed by atoms with Crippen molar-refractivity contribution in [1.29, 1.82) is 0 Å². The van der Waals surface area contributed by atoms with Gasteiger partial charge in [-0.1, -0.05) is 6.92 Å². The van der Waals surface area contributed by atoms with E-state index in [1.165, 1.54) is 0 Å². The molecule has 0 N–H and O–H groups in total. The van der Waals surface area contributed by atoms with E-state index in [1.807, 2.05) is 6.92 Å². The van der Waals surface area contributed by atoms with Crippen molar-refractivity contribution in [3.63, 3.8) is 0 Å². The summed E-state index contributed by atoms with van der Waals surface area (Å²) in [7, 11) is 0. The molecule has 0 aliphatic heterocycles. The van der Waals surface area contributed by atoms with Crippen molar-refractivity contribution in [2.45, 2.75) is 13.3 Å². The van der Waals surface area contributed by atoms with Gasteiger partial charge >= 0.3 is 29.6 Å². The summed E-state index contributed by atoms with van der Waals surface area (Å²) in [6.45, 7) is 2.13. The Morgan fingerprint density at radius 3 is 2.50 bits per heavy atom. The Morgan fingerprint density at radius 1 is 1.88 bits per heavy atom. The Kier molecular flexibility index (Phi) is 11.9. The van der Waals surface area contributed by atoms with Crippen molar-refractivity contribution in [3.05, 3.63) is 0 Å². The van der Waals surface area contributed by atoms with Crippen LogP contribution < -0.4 is 29.6 Å². The van der Waals surface area contributed by atoms with E-state index in [1.54, 1.807) is 0 Å². The van der Waals surface area contributed by atoms with E-state index in [9.17, 15) is 8.76 Å². The molecule has 5 heteroatoms. The summed E-state index contributed by atoms with van der Waals surface area (Å²) < 4.78 is 23.2. The summed E-state index contributed by atoms with van der Waals surface area (Å²) in [4.78, 5) is 0. The molecular formula is C3H8NaO3S-. The Labute approximate surface area is 75.1 Å². The zero-order chi connectivity index (χ0) is 5.70. The van der Waals surface area contributed by atoms with Crippen LogP contribution in [-0.4, -0.2) is 15.4 Å². The van der Waals surface area contributed by atoms with Gasteiger partial charge in [0, 0.05) is 0 Å². The zero-order valence-electron chi connectivity index (χ0n) is 6.05. The van der Waals surface area contributed by atoms with Gasteiger partial charge < -0.3 is 10.2 Å². The van der Waals surface area contributed by atoms with Crippen LogP contribution in [0.5, 0.6) is 0 Å². The molecule has 0 fully saturated rings. The van der Waals surface area contributed by atoms with Crippen LogP contribution >= 0.6 is 0 Å². The molecule has 0 saturated carbocycles. The van der Waals surface area contributed by atoms with E-state index in [0.717, 1.165) is 6.42 Å². The fourth-order valence-corrected chi connectivity index (χ4v) is 0.454. The number of rotatable bonds is 3. The smallest absolute Gasteiger partial charge is 1.00 e. The third kappa shape index (κ3) is 10.1. The van der Waals surface area contributed by atoms with Crippen LogP contribution in [0, 0.1) is 0 Å². The molecular weight excluding hydrogens is 139 g/mol. The average Bonchev–Trinajstić information content (AvgIpc) is 1.61. The molecule has 0 heterocycles. The fourth-order valence-electron chi connectivity index (χ4n) is 0.151. The molecule has 1 unspecified atom stereocenters. The summed E-state index contributed by atoms with van der Waals surface area (Å²) >= 11 is -2.32. The standard InChI is InChI=1S/C3H8O3S.Na.H/c1-2-3-6-7(4)5;;/h2-3H2,1H3,(H,4,5);;/q;+1;-1/p-1. The van der Waals surface area contributed by atoms with Crippen molar-refractivity contribution in [1.82, 2.24) is 0 Å². The maximum Gasteiger partial charge on any atom is 1.00 e. The fraction of sp³-hybridized carbons (Fsp3) is 1.00. The maximum absolute atomic E-state index is 9.54. The average molecular weight is 147 g/mol. The number of hydrogen-bond acceptors (Lipinski definition) is 3. The molecule has 46 valence electrons. The Morgan fingerprint density at radius 2 is 2.38 bits per heavy atom. The zero-order valence-corrected chi connectivity index (χ0v) is 7.86. The quantitative estimate of drug-likeness (QED) is 0.323. The van der Waals surface area contributed by atoms with E-state index in [0.29, 0.717) is 0 Å². The van der Waals surface area contributed by atoms with Gasteiger partial charge in [-0.15, -0.1) is 0 Å². The molecule has 0 spiro atoms. The first-order valence-corrected chi connectivity index (χ1v) is 3.00. The molecule has 0 bridgehead atoms. The van der Waals surface area contributed by atoms with Crippen molar-refractivity contribution < 1.29 is 43.9 Å². The second kappa shape index (κ2) is 8.07. The second-order valence-electron chi connectivity index (χ2n) is 1.03. The normalized spacial score (nSPS) is 12.2. The first kappa shape index (κ1) is 11.8. The van der Waals surface area contributed by atoms with Gasteiger partial charge in [-0.2, -0.15) is 0 Å². The Bertz CT molecular complexity index is 72.1. The Balaban J connectivity index is -0.000000180. The van der Waals surface area contributed by atoms with Crippen molar-refractivity contribution >= 4 is 11.4 Å². The van der Waals surface area contributed by atoms with E-state index in [2.05, 4.69) is 4.18 Å².